The van der Waals surface area contributed by atoms with E-state index in [0.717, 1.165) is 11.1 Å². The fourth-order valence-corrected chi connectivity index (χ4v) is 4.50. The lowest BCUT2D eigenvalue weighted by Gasteiger charge is -2.39. The summed E-state index contributed by atoms with van der Waals surface area (Å²) < 4.78 is 11.1. The number of nitrogens with zero attached hydrogens (tertiary/aromatic N) is 1. The molecule has 4 rings (SSSR count). The second-order valence-corrected chi connectivity index (χ2v) is 8.78. The maximum Gasteiger partial charge on any atom is 0.336 e. The number of carbonyl (C=O) groups excluding carboxylic acids is 1. The lowest BCUT2D eigenvalue weighted by atomic mass is 9.84. The molecule has 2 aromatic carbocycles. The molecule has 1 aromatic heterocycles. The number of aliphatic hydroxyl groups is 2. The van der Waals surface area contributed by atoms with Gasteiger partial charge in [-0.2, -0.15) is 0 Å². The van der Waals surface area contributed by atoms with Gasteiger partial charge < -0.3 is 24.3 Å². The Labute approximate surface area is 204 Å². The summed E-state index contributed by atoms with van der Waals surface area (Å²) in [5, 5.41) is 22.2. The first-order valence-electron chi connectivity index (χ1n) is 11.2. The number of Topliss-reactive ketones (excluding diaryl/α,β-unsaturated/α-hetero) is 1. The van der Waals surface area contributed by atoms with Crippen molar-refractivity contribution in [3.05, 3.63) is 75.6 Å². The predicted molar refractivity (Wildman–Crippen MR) is 132 cm³/mol. The van der Waals surface area contributed by atoms with Crippen molar-refractivity contribution in [2.45, 2.75) is 38.4 Å². The van der Waals surface area contributed by atoms with Crippen LogP contribution in [0, 0.1) is 6.92 Å². The Morgan fingerprint density at radius 3 is 2.50 bits per heavy atom. The van der Waals surface area contributed by atoms with Crippen molar-refractivity contribution in [3.8, 4) is 5.75 Å². The number of hydrogen-bond donors (Lipinski definition) is 2. The molecule has 7 nitrogen and oxygen atoms in total. The van der Waals surface area contributed by atoms with Crippen molar-refractivity contribution in [1.29, 1.82) is 0 Å². The number of carbonyl (C=O) groups is 1. The predicted octanol–water partition coefficient (Wildman–Crippen LogP) is 3.45. The number of β-amino-alcohol motifs (C(OH)–C–C–N with tert-alkyl or cyclic N) is 1. The van der Waals surface area contributed by atoms with Crippen LogP contribution in [-0.2, 0) is 5.60 Å². The van der Waals surface area contributed by atoms with Gasteiger partial charge in [-0.25, -0.2) is 4.79 Å². The van der Waals surface area contributed by atoms with E-state index in [1.54, 1.807) is 19.1 Å². The number of aliphatic hydroxyl groups excluding tert-OH is 1. The third-order valence-electron chi connectivity index (χ3n) is 6.33. The normalized spacial score (nSPS) is 16.6. The van der Waals surface area contributed by atoms with Gasteiger partial charge in [-0.15, -0.1) is 12.4 Å². The van der Waals surface area contributed by atoms with E-state index in [1.807, 2.05) is 30.3 Å². The number of aryl methyl sites for hydroxylation is 1. The summed E-state index contributed by atoms with van der Waals surface area (Å²) in [6.07, 6.45) is 0.387. The number of rotatable bonds is 7. The Balaban J connectivity index is 0.00000324. The van der Waals surface area contributed by atoms with Gasteiger partial charge in [-0.05, 0) is 49.9 Å². The van der Waals surface area contributed by atoms with Crippen LogP contribution in [0.1, 0.15) is 41.3 Å². The number of piperidine rings is 1. The van der Waals surface area contributed by atoms with Gasteiger partial charge in [-0.3, -0.25) is 4.79 Å². The lowest BCUT2D eigenvalue weighted by Crippen LogP contribution is -2.46. The molecule has 0 spiro atoms. The molecule has 34 heavy (non-hydrogen) atoms. The molecule has 182 valence electrons. The van der Waals surface area contributed by atoms with Gasteiger partial charge in [0, 0.05) is 31.1 Å². The van der Waals surface area contributed by atoms with Crippen molar-refractivity contribution in [2.75, 3.05) is 26.2 Å². The Bertz CT molecular complexity index is 1200. The Morgan fingerprint density at radius 2 is 1.85 bits per heavy atom. The highest BCUT2D eigenvalue weighted by atomic mass is 35.5. The molecule has 1 saturated heterocycles. The van der Waals surface area contributed by atoms with Crippen LogP contribution in [0.15, 0.2) is 57.7 Å². The van der Waals surface area contributed by atoms with E-state index in [2.05, 4.69) is 4.90 Å². The monoisotopic (exact) mass is 487 g/mol. The Kier molecular flexibility index (Phi) is 8.15. The molecular weight excluding hydrogens is 458 g/mol. The number of fused-ring (bicyclic) bond motifs is 1. The molecule has 1 aliphatic rings. The van der Waals surface area contributed by atoms with Gasteiger partial charge >= 0.3 is 5.63 Å². The maximum absolute atomic E-state index is 12.3. The van der Waals surface area contributed by atoms with E-state index in [9.17, 15) is 19.8 Å². The second kappa shape index (κ2) is 10.7. The molecule has 3 aromatic rings. The van der Waals surface area contributed by atoms with Crippen LogP contribution in [0.2, 0.25) is 0 Å². The van der Waals surface area contributed by atoms with E-state index < -0.39 is 17.3 Å². The molecule has 0 aliphatic carbocycles. The SMILES string of the molecule is CC(=O)c1c(OCC(O)CN2CCC(O)(c3ccccc3)CC2)ccc2c(C)cc(=O)oc12.Cl. The highest BCUT2D eigenvalue weighted by Gasteiger charge is 2.34. The number of benzene rings is 2. The molecular formula is C26H30ClNO6. The van der Waals surface area contributed by atoms with E-state index >= 15 is 0 Å². The molecule has 1 aliphatic heterocycles. The number of halogens is 1. The summed E-state index contributed by atoms with van der Waals surface area (Å²) in [7, 11) is 0. The zero-order valence-electron chi connectivity index (χ0n) is 19.3. The molecule has 0 radical (unpaired) electrons. The first kappa shape index (κ1) is 25.9. The van der Waals surface area contributed by atoms with Gasteiger partial charge in [0.25, 0.3) is 0 Å². The van der Waals surface area contributed by atoms with Crippen LogP contribution in [0.5, 0.6) is 5.75 Å². The minimum atomic E-state index is -0.845. The highest BCUT2D eigenvalue weighted by molar-refractivity contribution is 6.07. The maximum atomic E-state index is 12.3. The molecule has 0 amide bonds. The minimum absolute atomic E-state index is 0. The summed E-state index contributed by atoms with van der Waals surface area (Å²) in [5.41, 5.74) is 0.671. The molecule has 2 N–H and O–H groups in total. The van der Waals surface area contributed by atoms with Gasteiger partial charge in [0.05, 0.1) is 5.60 Å². The molecule has 1 unspecified atom stereocenters. The fraction of sp³-hybridized carbons (Fsp3) is 0.385. The smallest absolute Gasteiger partial charge is 0.336 e. The standard InChI is InChI=1S/C26H29NO6.ClH/c1-17-14-23(30)33-25-21(17)8-9-22(24(25)18(2)28)32-16-20(29)15-27-12-10-26(31,11-13-27)19-6-4-3-5-7-19;/h3-9,14,20,29,31H,10-13,15-16H2,1-2H3;1H. The third kappa shape index (κ3) is 5.50. The highest BCUT2D eigenvalue weighted by Crippen LogP contribution is 2.33. The minimum Gasteiger partial charge on any atom is -0.490 e. The summed E-state index contributed by atoms with van der Waals surface area (Å²) in [5.74, 6) is -0.00466. The molecule has 0 bridgehead atoms. The first-order chi connectivity index (χ1) is 15.8. The first-order valence-corrected chi connectivity index (χ1v) is 11.2. The molecule has 0 saturated carbocycles. The average Bonchev–Trinajstić information content (AvgIpc) is 2.79. The molecule has 2 heterocycles. The third-order valence-corrected chi connectivity index (χ3v) is 6.33. The van der Waals surface area contributed by atoms with Crippen molar-refractivity contribution in [1.82, 2.24) is 4.90 Å². The van der Waals surface area contributed by atoms with E-state index in [1.165, 1.54) is 13.0 Å². The summed E-state index contributed by atoms with van der Waals surface area (Å²) >= 11 is 0. The van der Waals surface area contributed by atoms with Gasteiger partial charge in [0.1, 0.15) is 24.0 Å². The van der Waals surface area contributed by atoms with Crippen LogP contribution < -0.4 is 10.4 Å². The van der Waals surface area contributed by atoms with E-state index in [4.69, 9.17) is 9.15 Å². The summed E-state index contributed by atoms with van der Waals surface area (Å²) in [6.45, 7) is 4.86. The van der Waals surface area contributed by atoms with Gasteiger partial charge in [-0.1, -0.05) is 30.3 Å². The number of hydrogen-bond acceptors (Lipinski definition) is 7. The van der Waals surface area contributed by atoms with E-state index in [0.29, 0.717) is 37.9 Å². The van der Waals surface area contributed by atoms with Crippen molar-refractivity contribution in [3.63, 3.8) is 0 Å². The largest absolute Gasteiger partial charge is 0.490 e. The van der Waals surface area contributed by atoms with Crippen molar-refractivity contribution < 1.29 is 24.2 Å². The van der Waals surface area contributed by atoms with Crippen LogP contribution in [0.4, 0.5) is 0 Å². The number of ketones is 1. The van der Waals surface area contributed by atoms with Gasteiger partial charge in [0.15, 0.2) is 11.4 Å². The van der Waals surface area contributed by atoms with Crippen LogP contribution in [0.25, 0.3) is 11.0 Å². The Hall–Kier alpha value is -2.71. The van der Waals surface area contributed by atoms with E-state index in [-0.39, 0.29) is 41.7 Å². The van der Waals surface area contributed by atoms with Crippen molar-refractivity contribution in [2.24, 2.45) is 0 Å². The lowest BCUT2D eigenvalue weighted by molar-refractivity contribution is -0.0372. The topological polar surface area (TPSA) is 100 Å². The fourth-order valence-electron chi connectivity index (χ4n) is 4.50. The number of likely N-dealkylation sites (tertiary alicyclic amines) is 1. The molecule has 8 heteroatoms. The van der Waals surface area contributed by atoms with Crippen molar-refractivity contribution >= 4 is 29.2 Å². The van der Waals surface area contributed by atoms with Crippen LogP contribution in [0.3, 0.4) is 0 Å². The van der Waals surface area contributed by atoms with Crippen LogP contribution in [-0.4, -0.2) is 53.2 Å². The Morgan fingerprint density at radius 1 is 1.18 bits per heavy atom. The zero-order chi connectivity index (χ0) is 23.6. The molecule has 1 fully saturated rings. The quantitative estimate of drug-likeness (QED) is 0.389. The summed E-state index contributed by atoms with van der Waals surface area (Å²) in [6, 6.07) is 14.5. The summed E-state index contributed by atoms with van der Waals surface area (Å²) in [4.78, 5) is 26.2. The van der Waals surface area contributed by atoms with Crippen LogP contribution >= 0.6 is 12.4 Å². The number of ether oxygens (including phenoxy) is 1. The average molecular weight is 488 g/mol. The van der Waals surface area contributed by atoms with Gasteiger partial charge in [0.2, 0.25) is 0 Å². The molecule has 1 atom stereocenters. The zero-order valence-corrected chi connectivity index (χ0v) is 20.1. The second-order valence-electron chi connectivity index (χ2n) is 8.78.